The van der Waals surface area contributed by atoms with Crippen LogP contribution in [0.4, 0.5) is 0 Å². The van der Waals surface area contributed by atoms with Gasteiger partial charge in [-0.1, -0.05) is 29.8 Å². The quantitative estimate of drug-likeness (QED) is 0.408. The molecule has 0 radical (unpaired) electrons. The second-order valence-corrected chi connectivity index (χ2v) is 6.13. The van der Waals surface area contributed by atoms with Crippen molar-refractivity contribution in [3.63, 3.8) is 0 Å². The minimum Gasteiger partial charge on any atom is -0.478 e. The van der Waals surface area contributed by atoms with E-state index in [0.717, 1.165) is 23.1 Å². The van der Waals surface area contributed by atoms with Gasteiger partial charge in [0, 0.05) is 24.1 Å². The number of nitrogens with zero attached hydrogens (tertiary/aromatic N) is 1. The minimum atomic E-state index is -0.432. The van der Waals surface area contributed by atoms with Gasteiger partial charge in [0.2, 0.25) is 0 Å². The monoisotopic (exact) mass is 362 g/mol. The summed E-state index contributed by atoms with van der Waals surface area (Å²) in [5.74, 6) is 0.664. The van der Waals surface area contributed by atoms with E-state index in [9.17, 15) is 4.79 Å². The fraction of sp³-hybridized carbons (Fsp3) is 0.190. The van der Waals surface area contributed by atoms with Gasteiger partial charge in [-0.15, -0.1) is 0 Å². The molecule has 0 aliphatic heterocycles. The lowest BCUT2D eigenvalue weighted by Crippen LogP contribution is -2.11. The Bertz CT molecular complexity index is 1090. The molecule has 0 amide bonds. The van der Waals surface area contributed by atoms with Gasteiger partial charge in [0.05, 0.1) is 5.39 Å². The molecule has 0 aliphatic rings. The van der Waals surface area contributed by atoms with Crippen LogP contribution in [-0.2, 0) is 6.42 Å². The Morgan fingerprint density at radius 1 is 1.22 bits per heavy atom. The highest BCUT2D eigenvalue weighted by Crippen LogP contribution is 2.34. The molecule has 6 nitrogen and oxygen atoms in total. The van der Waals surface area contributed by atoms with Gasteiger partial charge in [0.15, 0.2) is 13.0 Å². The zero-order chi connectivity index (χ0) is 19.4. The SMILES string of the molecule is Cc1ccc(Cc2c(C)c3c(OCC#N)cc(OC=N)cc3oc2=O)cc1. The molecule has 1 aromatic heterocycles. The van der Waals surface area contributed by atoms with E-state index in [1.807, 2.05) is 44.2 Å². The van der Waals surface area contributed by atoms with E-state index in [1.54, 1.807) is 6.07 Å². The van der Waals surface area contributed by atoms with E-state index in [-0.39, 0.29) is 12.2 Å². The van der Waals surface area contributed by atoms with E-state index < -0.39 is 5.63 Å². The lowest BCUT2D eigenvalue weighted by Gasteiger charge is -2.13. The molecule has 1 heterocycles. The molecule has 27 heavy (non-hydrogen) atoms. The van der Waals surface area contributed by atoms with Gasteiger partial charge in [-0.05, 0) is 25.0 Å². The summed E-state index contributed by atoms with van der Waals surface area (Å²) in [6.45, 7) is 3.68. The van der Waals surface area contributed by atoms with Crippen LogP contribution in [-0.4, -0.2) is 13.0 Å². The van der Waals surface area contributed by atoms with Crippen LogP contribution < -0.4 is 15.1 Å². The third-order valence-corrected chi connectivity index (χ3v) is 4.30. The summed E-state index contributed by atoms with van der Waals surface area (Å²) in [4.78, 5) is 12.6. The first-order valence-electron chi connectivity index (χ1n) is 8.34. The molecule has 0 bridgehead atoms. The summed E-state index contributed by atoms with van der Waals surface area (Å²) in [6.07, 6.45) is 1.20. The van der Waals surface area contributed by atoms with Crippen LogP contribution in [0.5, 0.6) is 11.5 Å². The Balaban J connectivity index is 2.17. The van der Waals surface area contributed by atoms with Gasteiger partial charge in [0.1, 0.15) is 23.2 Å². The van der Waals surface area contributed by atoms with E-state index >= 15 is 0 Å². The van der Waals surface area contributed by atoms with Crippen LogP contribution in [0.3, 0.4) is 0 Å². The number of hydrogen-bond acceptors (Lipinski definition) is 6. The molecule has 0 saturated heterocycles. The second kappa shape index (κ2) is 7.75. The van der Waals surface area contributed by atoms with Crippen LogP contribution in [0.2, 0.25) is 0 Å². The maximum absolute atomic E-state index is 12.6. The highest BCUT2D eigenvalue weighted by Gasteiger charge is 2.17. The summed E-state index contributed by atoms with van der Waals surface area (Å²) >= 11 is 0. The number of aryl methyl sites for hydroxylation is 2. The summed E-state index contributed by atoms with van der Waals surface area (Å²) in [7, 11) is 0. The maximum atomic E-state index is 12.6. The van der Waals surface area contributed by atoms with E-state index in [4.69, 9.17) is 24.6 Å². The summed E-state index contributed by atoms with van der Waals surface area (Å²) in [5, 5.41) is 16.5. The summed E-state index contributed by atoms with van der Waals surface area (Å²) < 4.78 is 16.1. The van der Waals surface area contributed by atoms with Gasteiger partial charge in [-0.3, -0.25) is 5.41 Å². The van der Waals surface area contributed by atoms with Crippen molar-refractivity contribution in [2.45, 2.75) is 20.3 Å². The van der Waals surface area contributed by atoms with Crippen LogP contribution >= 0.6 is 0 Å². The number of rotatable bonds is 6. The molecular weight excluding hydrogens is 344 g/mol. The van der Waals surface area contributed by atoms with Crippen molar-refractivity contribution in [2.24, 2.45) is 0 Å². The molecule has 1 N–H and O–H groups in total. The molecule has 0 atom stereocenters. The average molecular weight is 362 g/mol. The number of nitrogens with one attached hydrogen (secondary N) is 1. The van der Waals surface area contributed by atoms with Gasteiger partial charge >= 0.3 is 5.63 Å². The van der Waals surface area contributed by atoms with Crippen LogP contribution in [0, 0.1) is 30.6 Å². The van der Waals surface area contributed by atoms with Gasteiger partial charge in [-0.2, -0.15) is 5.26 Å². The zero-order valence-corrected chi connectivity index (χ0v) is 15.0. The largest absolute Gasteiger partial charge is 0.478 e. The smallest absolute Gasteiger partial charge is 0.340 e. The molecule has 0 spiro atoms. The van der Waals surface area contributed by atoms with Crippen molar-refractivity contribution in [1.82, 2.24) is 0 Å². The maximum Gasteiger partial charge on any atom is 0.340 e. The van der Waals surface area contributed by atoms with Crippen LogP contribution in [0.25, 0.3) is 11.0 Å². The number of nitriles is 1. The van der Waals surface area contributed by atoms with Crippen molar-refractivity contribution in [3.8, 4) is 17.6 Å². The topological polar surface area (TPSA) is 96.3 Å². The first-order valence-corrected chi connectivity index (χ1v) is 8.34. The highest BCUT2D eigenvalue weighted by molar-refractivity contribution is 5.89. The molecule has 3 aromatic rings. The Morgan fingerprint density at radius 3 is 2.63 bits per heavy atom. The van der Waals surface area contributed by atoms with Crippen LogP contribution in [0.1, 0.15) is 22.3 Å². The second-order valence-electron chi connectivity index (χ2n) is 6.13. The van der Waals surface area contributed by atoms with E-state index in [1.165, 1.54) is 6.07 Å². The zero-order valence-electron chi connectivity index (χ0n) is 15.0. The molecular formula is C21H18N2O4. The predicted molar refractivity (Wildman–Crippen MR) is 102 cm³/mol. The molecule has 6 heteroatoms. The predicted octanol–water partition coefficient (Wildman–Crippen LogP) is 3.89. The molecule has 0 unspecified atom stereocenters. The van der Waals surface area contributed by atoms with Crippen molar-refractivity contribution in [3.05, 3.63) is 69.1 Å². The number of ether oxygens (including phenoxy) is 2. The van der Waals surface area contributed by atoms with Gasteiger partial charge < -0.3 is 13.9 Å². The van der Waals surface area contributed by atoms with E-state index in [2.05, 4.69) is 0 Å². The molecule has 0 aliphatic carbocycles. The number of hydrogen-bond donors (Lipinski definition) is 1. The Hall–Kier alpha value is -3.59. The van der Waals surface area contributed by atoms with Crippen molar-refractivity contribution >= 4 is 17.4 Å². The fourth-order valence-electron chi connectivity index (χ4n) is 2.96. The van der Waals surface area contributed by atoms with Gasteiger partial charge in [-0.25, -0.2) is 4.79 Å². The molecule has 136 valence electrons. The van der Waals surface area contributed by atoms with Gasteiger partial charge in [0.25, 0.3) is 0 Å². The van der Waals surface area contributed by atoms with Crippen molar-refractivity contribution in [2.75, 3.05) is 6.61 Å². The molecule has 3 rings (SSSR count). The van der Waals surface area contributed by atoms with Crippen molar-refractivity contribution < 1.29 is 13.9 Å². The Morgan fingerprint density at radius 2 is 1.96 bits per heavy atom. The molecule has 0 fully saturated rings. The number of benzene rings is 2. The molecule has 0 saturated carbocycles. The normalized spacial score (nSPS) is 10.4. The van der Waals surface area contributed by atoms with Crippen molar-refractivity contribution in [1.29, 1.82) is 10.7 Å². The lowest BCUT2D eigenvalue weighted by molar-refractivity contribution is 0.370. The minimum absolute atomic E-state index is 0.158. The van der Waals surface area contributed by atoms with E-state index in [0.29, 0.717) is 28.9 Å². The summed E-state index contributed by atoms with van der Waals surface area (Å²) in [5.41, 5.74) is 3.27. The Labute approximate surface area is 156 Å². The average Bonchev–Trinajstić information content (AvgIpc) is 2.64. The standard InChI is InChI=1S/C21H18N2O4/c1-13-3-5-15(6-4-13)9-17-14(2)20-18(25-8-7-22)10-16(26-12-23)11-19(20)27-21(17)24/h3-6,10-12,23H,8-9H2,1-2H3. The highest BCUT2D eigenvalue weighted by atomic mass is 16.5. The number of fused-ring (bicyclic) bond motifs is 1. The first kappa shape index (κ1) is 18.2. The summed E-state index contributed by atoms with van der Waals surface area (Å²) in [6, 6.07) is 13.0. The lowest BCUT2D eigenvalue weighted by atomic mass is 9.98. The first-order chi connectivity index (χ1) is 13.0. The third kappa shape index (κ3) is 3.82. The Kier molecular flexibility index (Phi) is 5.23. The fourth-order valence-corrected chi connectivity index (χ4v) is 2.96. The molecule has 2 aromatic carbocycles. The third-order valence-electron chi connectivity index (χ3n) is 4.30. The van der Waals surface area contributed by atoms with Crippen LogP contribution in [0.15, 0.2) is 45.6 Å².